The van der Waals surface area contributed by atoms with Crippen LogP contribution in [0.15, 0.2) is 23.1 Å². The molecule has 1 aliphatic heterocycles. The Morgan fingerprint density at radius 2 is 2.25 bits per heavy atom. The van der Waals surface area contributed by atoms with Gasteiger partial charge in [0, 0.05) is 19.1 Å². The third kappa shape index (κ3) is 2.57. The van der Waals surface area contributed by atoms with Gasteiger partial charge in [-0.05, 0) is 38.4 Å². The second kappa shape index (κ2) is 5.92. The van der Waals surface area contributed by atoms with Crippen molar-refractivity contribution in [1.29, 1.82) is 5.26 Å². The van der Waals surface area contributed by atoms with Crippen molar-refractivity contribution in [1.82, 2.24) is 9.62 Å². The molecule has 1 aromatic rings. The maximum absolute atomic E-state index is 12.8. The Labute approximate surface area is 120 Å². The number of likely N-dealkylation sites (N-methyl/N-ethyl adjacent to an activating group) is 1. The van der Waals surface area contributed by atoms with Gasteiger partial charge in [-0.15, -0.1) is 0 Å². The largest absolute Gasteiger partial charge is 0.318 e. The van der Waals surface area contributed by atoms with E-state index in [1.54, 1.807) is 19.1 Å². The van der Waals surface area contributed by atoms with E-state index >= 15 is 0 Å². The van der Waals surface area contributed by atoms with Gasteiger partial charge in [0.2, 0.25) is 10.0 Å². The number of benzene rings is 1. The van der Waals surface area contributed by atoms with E-state index in [9.17, 15) is 13.7 Å². The molecule has 108 valence electrons. The second-order valence-corrected chi connectivity index (χ2v) is 6.89. The van der Waals surface area contributed by atoms with Crippen molar-refractivity contribution in [2.75, 3.05) is 20.1 Å². The number of nitrogens with one attached hydrogen (secondary N) is 1. The first-order chi connectivity index (χ1) is 9.52. The highest BCUT2D eigenvalue weighted by Crippen LogP contribution is 2.28. The van der Waals surface area contributed by atoms with Crippen LogP contribution in [-0.4, -0.2) is 38.9 Å². The Bertz CT molecular complexity index is 634. The molecule has 1 saturated heterocycles. The van der Waals surface area contributed by atoms with Crippen LogP contribution in [0.25, 0.3) is 0 Å². The van der Waals surface area contributed by atoms with E-state index in [0.717, 1.165) is 12.8 Å². The average Bonchev–Trinajstić information content (AvgIpc) is 2.88. The molecule has 0 aromatic heterocycles. The quantitative estimate of drug-likeness (QED) is 0.906. The third-order valence-corrected chi connectivity index (χ3v) is 5.69. The fourth-order valence-electron chi connectivity index (χ4n) is 2.69. The third-order valence-electron chi connectivity index (χ3n) is 3.70. The second-order valence-electron chi connectivity index (χ2n) is 5.03. The van der Waals surface area contributed by atoms with Crippen molar-refractivity contribution in [3.05, 3.63) is 29.3 Å². The summed E-state index contributed by atoms with van der Waals surface area (Å²) in [7, 11) is -1.79. The van der Waals surface area contributed by atoms with Crippen LogP contribution in [0.2, 0.25) is 0 Å². The molecule has 1 atom stereocenters. The Hall–Kier alpha value is -1.42. The van der Waals surface area contributed by atoms with E-state index < -0.39 is 10.0 Å². The van der Waals surface area contributed by atoms with Gasteiger partial charge in [0.1, 0.15) is 11.0 Å². The van der Waals surface area contributed by atoms with Crippen molar-refractivity contribution in [2.45, 2.75) is 30.7 Å². The number of nitrogens with zero attached hydrogens (tertiary/aromatic N) is 2. The van der Waals surface area contributed by atoms with E-state index in [1.807, 2.05) is 13.1 Å². The topological polar surface area (TPSA) is 73.2 Å². The van der Waals surface area contributed by atoms with E-state index in [4.69, 9.17) is 0 Å². The van der Waals surface area contributed by atoms with E-state index in [-0.39, 0.29) is 16.5 Å². The van der Waals surface area contributed by atoms with Gasteiger partial charge in [0.25, 0.3) is 0 Å². The molecule has 2 rings (SSSR count). The van der Waals surface area contributed by atoms with Crippen LogP contribution >= 0.6 is 0 Å². The van der Waals surface area contributed by atoms with Gasteiger partial charge in [-0.3, -0.25) is 0 Å². The molecule has 0 amide bonds. The average molecular weight is 293 g/mol. The molecular weight excluding hydrogens is 274 g/mol. The summed E-state index contributed by atoms with van der Waals surface area (Å²) in [5, 5.41) is 12.3. The van der Waals surface area contributed by atoms with Crippen molar-refractivity contribution < 1.29 is 8.42 Å². The van der Waals surface area contributed by atoms with E-state index in [1.165, 1.54) is 10.4 Å². The van der Waals surface area contributed by atoms with Crippen LogP contribution in [0, 0.1) is 18.3 Å². The van der Waals surface area contributed by atoms with Crippen molar-refractivity contribution >= 4 is 10.0 Å². The van der Waals surface area contributed by atoms with Gasteiger partial charge in [-0.2, -0.15) is 9.57 Å². The fourth-order valence-corrected chi connectivity index (χ4v) is 4.60. The minimum Gasteiger partial charge on any atom is -0.318 e. The first kappa shape index (κ1) is 15.0. The van der Waals surface area contributed by atoms with Gasteiger partial charge in [0.15, 0.2) is 0 Å². The summed E-state index contributed by atoms with van der Waals surface area (Å²) in [6.45, 7) is 2.91. The van der Waals surface area contributed by atoms with Crippen LogP contribution in [-0.2, 0) is 10.0 Å². The summed E-state index contributed by atoms with van der Waals surface area (Å²) in [4.78, 5) is 0.128. The summed E-state index contributed by atoms with van der Waals surface area (Å²) >= 11 is 0. The lowest BCUT2D eigenvalue weighted by molar-refractivity contribution is 0.379. The Balaban J connectivity index is 2.46. The van der Waals surface area contributed by atoms with Crippen LogP contribution in [0.5, 0.6) is 0 Å². The zero-order valence-electron chi connectivity index (χ0n) is 11.8. The minimum absolute atomic E-state index is 0.0305. The molecule has 0 spiro atoms. The smallest absolute Gasteiger partial charge is 0.244 e. The zero-order valence-corrected chi connectivity index (χ0v) is 12.6. The van der Waals surface area contributed by atoms with Gasteiger partial charge >= 0.3 is 0 Å². The first-order valence-corrected chi connectivity index (χ1v) is 8.12. The molecule has 1 fully saturated rings. The van der Waals surface area contributed by atoms with Crippen LogP contribution in [0.1, 0.15) is 24.0 Å². The SMILES string of the molecule is CNC[C@@H]1CCCN1S(=O)(=O)c1cccc(C)c1C#N. The summed E-state index contributed by atoms with van der Waals surface area (Å²) < 4.78 is 27.1. The molecule has 1 heterocycles. The maximum atomic E-state index is 12.8. The Morgan fingerprint density at radius 1 is 1.50 bits per heavy atom. The molecule has 0 radical (unpaired) electrons. The summed E-state index contributed by atoms with van der Waals surface area (Å²) in [6, 6.07) is 6.96. The van der Waals surface area contributed by atoms with E-state index in [2.05, 4.69) is 5.32 Å². The van der Waals surface area contributed by atoms with Crippen LogP contribution in [0.4, 0.5) is 0 Å². The Morgan fingerprint density at radius 3 is 2.90 bits per heavy atom. The van der Waals surface area contributed by atoms with Gasteiger partial charge in [-0.25, -0.2) is 8.42 Å². The highest BCUT2D eigenvalue weighted by molar-refractivity contribution is 7.89. The zero-order chi connectivity index (χ0) is 14.8. The first-order valence-electron chi connectivity index (χ1n) is 6.68. The lowest BCUT2D eigenvalue weighted by Crippen LogP contribution is -2.41. The van der Waals surface area contributed by atoms with Crippen LogP contribution < -0.4 is 5.32 Å². The lowest BCUT2D eigenvalue weighted by Gasteiger charge is -2.24. The number of nitriles is 1. The number of hydrogen-bond donors (Lipinski definition) is 1. The summed E-state index contributed by atoms with van der Waals surface area (Å²) in [5.74, 6) is 0. The number of aryl methyl sites for hydroxylation is 1. The molecule has 5 nitrogen and oxygen atoms in total. The number of sulfonamides is 1. The molecular formula is C14H19N3O2S. The minimum atomic E-state index is -3.60. The molecule has 1 aliphatic rings. The van der Waals surface area contributed by atoms with Crippen molar-refractivity contribution in [3.63, 3.8) is 0 Å². The van der Waals surface area contributed by atoms with Crippen molar-refractivity contribution in [3.8, 4) is 6.07 Å². The van der Waals surface area contributed by atoms with E-state index in [0.29, 0.717) is 18.7 Å². The molecule has 0 aliphatic carbocycles. The molecule has 0 saturated carbocycles. The number of rotatable bonds is 4. The molecule has 20 heavy (non-hydrogen) atoms. The molecule has 0 bridgehead atoms. The fraction of sp³-hybridized carbons (Fsp3) is 0.500. The normalized spacial score (nSPS) is 19.9. The molecule has 1 aromatic carbocycles. The van der Waals surface area contributed by atoms with Crippen LogP contribution in [0.3, 0.4) is 0 Å². The maximum Gasteiger partial charge on any atom is 0.244 e. The van der Waals surface area contributed by atoms with Gasteiger partial charge in [-0.1, -0.05) is 12.1 Å². The molecule has 6 heteroatoms. The van der Waals surface area contributed by atoms with Gasteiger partial charge in [0.05, 0.1) is 5.56 Å². The predicted molar refractivity (Wildman–Crippen MR) is 76.7 cm³/mol. The highest BCUT2D eigenvalue weighted by atomic mass is 32.2. The Kier molecular flexibility index (Phi) is 4.43. The monoisotopic (exact) mass is 293 g/mol. The standard InChI is InChI=1S/C14H19N3O2S/c1-11-5-3-7-14(13(11)9-15)20(18,19)17-8-4-6-12(17)10-16-2/h3,5,7,12,16H,4,6,8,10H2,1-2H3/t12-/m0/s1. The highest BCUT2D eigenvalue weighted by Gasteiger charge is 2.36. The number of hydrogen-bond acceptors (Lipinski definition) is 4. The molecule has 1 N–H and O–H groups in total. The predicted octanol–water partition coefficient (Wildman–Crippen LogP) is 1.24. The summed E-state index contributed by atoms with van der Waals surface area (Å²) in [6.07, 6.45) is 1.72. The van der Waals surface area contributed by atoms with Crippen molar-refractivity contribution in [2.24, 2.45) is 0 Å². The molecule has 0 unspecified atom stereocenters. The van der Waals surface area contributed by atoms with Gasteiger partial charge < -0.3 is 5.32 Å². The lowest BCUT2D eigenvalue weighted by atomic mass is 10.1. The summed E-state index contributed by atoms with van der Waals surface area (Å²) in [5.41, 5.74) is 0.945.